The van der Waals surface area contributed by atoms with E-state index in [1.54, 1.807) is 6.20 Å². The molecule has 2 atom stereocenters. The summed E-state index contributed by atoms with van der Waals surface area (Å²) in [6.07, 6.45) is 5.54. The van der Waals surface area contributed by atoms with Crippen LogP contribution in [0.3, 0.4) is 0 Å². The Morgan fingerprint density at radius 3 is 3.00 bits per heavy atom. The van der Waals surface area contributed by atoms with Crippen molar-refractivity contribution in [3.63, 3.8) is 0 Å². The molecule has 18 heavy (non-hydrogen) atoms. The first-order chi connectivity index (χ1) is 8.79. The SMILES string of the molecule is CNC(C)c1ccc(OCC2CCCCO2)cn1. The second kappa shape index (κ2) is 6.71. The summed E-state index contributed by atoms with van der Waals surface area (Å²) in [7, 11) is 1.93. The lowest BCUT2D eigenvalue weighted by Gasteiger charge is -2.22. The van der Waals surface area contributed by atoms with Crippen LogP contribution in [0.2, 0.25) is 0 Å². The predicted molar refractivity (Wildman–Crippen MR) is 70.8 cm³/mol. The number of nitrogens with one attached hydrogen (secondary N) is 1. The number of rotatable bonds is 5. The fourth-order valence-corrected chi connectivity index (χ4v) is 2.01. The Morgan fingerprint density at radius 1 is 1.50 bits per heavy atom. The zero-order valence-electron chi connectivity index (χ0n) is 11.2. The minimum atomic E-state index is 0.245. The standard InChI is InChI=1S/C14H22N2O2/c1-11(15-2)14-7-6-12(9-16-14)18-10-13-5-3-4-8-17-13/h6-7,9,11,13,15H,3-5,8,10H2,1-2H3. The average molecular weight is 250 g/mol. The monoisotopic (exact) mass is 250 g/mol. The third-order valence-electron chi connectivity index (χ3n) is 3.35. The van der Waals surface area contributed by atoms with Gasteiger partial charge in [0.25, 0.3) is 0 Å². The van der Waals surface area contributed by atoms with Gasteiger partial charge in [-0.2, -0.15) is 0 Å². The zero-order valence-corrected chi connectivity index (χ0v) is 11.2. The second-order valence-electron chi connectivity index (χ2n) is 4.73. The van der Waals surface area contributed by atoms with Crippen LogP contribution in [-0.4, -0.2) is 31.3 Å². The maximum Gasteiger partial charge on any atom is 0.137 e. The van der Waals surface area contributed by atoms with Crippen LogP contribution in [0.4, 0.5) is 0 Å². The molecule has 1 aliphatic rings. The normalized spacial score (nSPS) is 21.6. The fraction of sp³-hybridized carbons (Fsp3) is 0.643. The van der Waals surface area contributed by atoms with Gasteiger partial charge in [-0.1, -0.05) is 0 Å². The van der Waals surface area contributed by atoms with Gasteiger partial charge in [-0.15, -0.1) is 0 Å². The van der Waals surface area contributed by atoms with Crippen molar-refractivity contribution in [3.8, 4) is 5.75 Å². The van der Waals surface area contributed by atoms with E-state index < -0.39 is 0 Å². The van der Waals surface area contributed by atoms with Gasteiger partial charge in [-0.05, 0) is 45.4 Å². The first-order valence-corrected chi connectivity index (χ1v) is 6.67. The average Bonchev–Trinajstić information content (AvgIpc) is 2.46. The van der Waals surface area contributed by atoms with Crippen LogP contribution >= 0.6 is 0 Å². The largest absolute Gasteiger partial charge is 0.489 e. The highest BCUT2D eigenvalue weighted by Crippen LogP contribution is 2.17. The highest BCUT2D eigenvalue weighted by molar-refractivity contribution is 5.21. The lowest BCUT2D eigenvalue weighted by molar-refractivity contribution is -0.0111. The Kier molecular flexibility index (Phi) is 4.96. The topological polar surface area (TPSA) is 43.4 Å². The molecule has 2 rings (SSSR count). The van der Waals surface area contributed by atoms with E-state index in [0.717, 1.165) is 24.5 Å². The van der Waals surface area contributed by atoms with Crippen molar-refractivity contribution < 1.29 is 9.47 Å². The van der Waals surface area contributed by atoms with Gasteiger partial charge in [0.15, 0.2) is 0 Å². The number of nitrogens with zero attached hydrogens (tertiary/aromatic N) is 1. The van der Waals surface area contributed by atoms with E-state index in [4.69, 9.17) is 9.47 Å². The number of ether oxygens (including phenoxy) is 2. The molecule has 0 bridgehead atoms. The maximum atomic E-state index is 5.71. The molecular weight excluding hydrogens is 228 g/mol. The summed E-state index contributed by atoms with van der Waals surface area (Å²) in [5.41, 5.74) is 1.03. The smallest absolute Gasteiger partial charge is 0.137 e. The van der Waals surface area contributed by atoms with Crippen LogP contribution in [0.1, 0.15) is 37.9 Å². The molecule has 4 heteroatoms. The van der Waals surface area contributed by atoms with Crippen molar-refractivity contribution >= 4 is 0 Å². The van der Waals surface area contributed by atoms with Gasteiger partial charge in [0.05, 0.1) is 18.0 Å². The molecule has 100 valence electrons. The van der Waals surface area contributed by atoms with Gasteiger partial charge in [0.1, 0.15) is 12.4 Å². The highest BCUT2D eigenvalue weighted by Gasteiger charge is 2.14. The summed E-state index contributed by atoms with van der Waals surface area (Å²) in [5.74, 6) is 0.816. The summed E-state index contributed by atoms with van der Waals surface area (Å²) in [5, 5.41) is 3.16. The van der Waals surface area contributed by atoms with Crippen molar-refractivity contribution in [2.24, 2.45) is 0 Å². The van der Waals surface area contributed by atoms with Crippen molar-refractivity contribution in [2.45, 2.75) is 38.3 Å². The van der Waals surface area contributed by atoms with E-state index in [2.05, 4.69) is 17.2 Å². The van der Waals surface area contributed by atoms with Crippen LogP contribution < -0.4 is 10.1 Å². The number of hydrogen-bond acceptors (Lipinski definition) is 4. The minimum absolute atomic E-state index is 0.245. The Balaban J connectivity index is 1.82. The van der Waals surface area contributed by atoms with E-state index in [1.165, 1.54) is 12.8 Å². The molecule has 0 radical (unpaired) electrons. The lowest BCUT2D eigenvalue weighted by Crippen LogP contribution is -2.25. The molecule has 4 nitrogen and oxygen atoms in total. The molecule has 1 N–H and O–H groups in total. The van der Waals surface area contributed by atoms with Crippen molar-refractivity contribution in [1.29, 1.82) is 0 Å². The van der Waals surface area contributed by atoms with Gasteiger partial charge in [0, 0.05) is 12.6 Å². The summed E-state index contributed by atoms with van der Waals surface area (Å²) in [6.45, 7) is 3.58. The molecule has 0 aromatic carbocycles. The van der Waals surface area contributed by atoms with E-state index in [0.29, 0.717) is 6.61 Å². The summed E-state index contributed by atoms with van der Waals surface area (Å²) in [6, 6.07) is 4.23. The first-order valence-electron chi connectivity index (χ1n) is 6.67. The Labute approximate surface area is 109 Å². The molecule has 0 aliphatic carbocycles. The Bertz CT molecular complexity index is 347. The third-order valence-corrected chi connectivity index (χ3v) is 3.35. The summed E-state index contributed by atoms with van der Waals surface area (Å²) < 4.78 is 11.3. The van der Waals surface area contributed by atoms with E-state index in [1.807, 2.05) is 19.2 Å². The molecule has 1 aliphatic heterocycles. The van der Waals surface area contributed by atoms with Crippen LogP contribution in [0.5, 0.6) is 5.75 Å². The Hall–Kier alpha value is -1.13. The molecule has 2 heterocycles. The summed E-state index contributed by atoms with van der Waals surface area (Å²) in [4.78, 5) is 4.38. The molecule has 1 aromatic rings. The maximum absolute atomic E-state index is 5.71. The second-order valence-corrected chi connectivity index (χ2v) is 4.73. The van der Waals surface area contributed by atoms with Crippen LogP contribution in [-0.2, 0) is 4.74 Å². The number of hydrogen-bond donors (Lipinski definition) is 1. The van der Waals surface area contributed by atoms with Gasteiger partial charge in [-0.25, -0.2) is 0 Å². The fourth-order valence-electron chi connectivity index (χ4n) is 2.01. The molecule has 1 saturated heterocycles. The number of aromatic nitrogens is 1. The molecule has 0 saturated carbocycles. The summed E-state index contributed by atoms with van der Waals surface area (Å²) >= 11 is 0. The van der Waals surface area contributed by atoms with Crippen molar-refractivity contribution in [3.05, 3.63) is 24.0 Å². The van der Waals surface area contributed by atoms with Gasteiger partial charge in [0.2, 0.25) is 0 Å². The van der Waals surface area contributed by atoms with Crippen molar-refractivity contribution in [2.75, 3.05) is 20.3 Å². The molecule has 2 unspecified atom stereocenters. The Morgan fingerprint density at radius 2 is 2.39 bits per heavy atom. The van der Waals surface area contributed by atoms with Crippen LogP contribution in [0.25, 0.3) is 0 Å². The van der Waals surface area contributed by atoms with Crippen LogP contribution in [0.15, 0.2) is 18.3 Å². The quantitative estimate of drug-likeness (QED) is 0.871. The highest BCUT2D eigenvalue weighted by atomic mass is 16.5. The number of pyridine rings is 1. The zero-order chi connectivity index (χ0) is 12.8. The minimum Gasteiger partial charge on any atom is -0.489 e. The van der Waals surface area contributed by atoms with E-state index in [9.17, 15) is 0 Å². The predicted octanol–water partition coefficient (Wildman–Crippen LogP) is 2.31. The van der Waals surface area contributed by atoms with Crippen molar-refractivity contribution in [1.82, 2.24) is 10.3 Å². The molecule has 0 spiro atoms. The molecule has 1 fully saturated rings. The van der Waals surface area contributed by atoms with Gasteiger partial charge < -0.3 is 14.8 Å². The van der Waals surface area contributed by atoms with E-state index in [-0.39, 0.29) is 12.1 Å². The molecule has 1 aromatic heterocycles. The lowest BCUT2D eigenvalue weighted by atomic mass is 10.1. The van der Waals surface area contributed by atoms with Gasteiger partial charge >= 0.3 is 0 Å². The van der Waals surface area contributed by atoms with Gasteiger partial charge in [-0.3, -0.25) is 4.98 Å². The first kappa shape index (κ1) is 13.3. The molecule has 0 amide bonds. The van der Waals surface area contributed by atoms with E-state index >= 15 is 0 Å². The molecular formula is C14H22N2O2. The third kappa shape index (κ3) is 3.68. The van der Waals surface area contributed by atoms with Crippen LogP contribution in [0, 0.1) is 0 Å².